The highest BCUT2D eigenvalue weighted by molar-refractivity contribution is 7.99. The Balaban J connectivity index is 2.68. The van der Waals surface area contributed by atoms with Gasteiger partial charge < -0.3 is 28.4 Å². The number of rotatable bonds is 51. The van der Waals surface area contributed by atoms with Gasteiger partial charge in [-0.05, 0) is 19.3 Å². The van der Waals surface area contributed by atoms with Gasteiger partial charge >= 0.3 is 52.9 Å². The molecule has 0 aliphatic carbocycles. The second-order valence-electron chi connectivity index (χ2n) is 18.3. The van der Waals surface area contributed by atoms with Crippen LogP contribution in [0.4, 0.5) is 0 Å². The number of unbranched alkanes of at least 4 members (excludes halogenated alkanes) is 18. The lowest BCUT2D eigenvalue weighted by Crippen LogP contribution is -2.55. The Morgan fingerprint density at radius 2 is 0.480 bits per heavy atom. The van der Waals surface area contributed by atoms with E-state index in [4.69, 9.17) is 28.4 Å². The largest absolute Gasteiger partial charge is 0.466 e. The van der Waals surface area contributed by atoms with Gasteiger partial charge in [0.05, 0.1) is 78.0 Å². The summed E-state index contributed by atoms with van der Waals surface area (Å²) in [7, 11) is 0. The second-order valence-corrected chi connectivity index (χ2v) is 22.0. The number of esters is 6. The van der Waals surface area contributed by atoms with Gasteiger partial charge in [-0.3, -0.25) is 28.8 Å². The first-order valence-corrected chi connectivity index (χ1v) is 31.5. The second kappa shape index (κ2) is 48.6. The average Bonchev–Trinajstić information content (AvgIpc) is 3.39. The van der Waals surface area contributed by atoms with Gasteiger partial charge in [-0.25, -0.2) is 28.1 Å². The number of carbonyl (C=O) groups is 6. The normalized spacial score (nSPS) is 11.1. The van der Waals surface area contributed by atoms with Crippen molar-refractivity contribution < 1.29 is 57.2 Å². The molecular formula is C54H93N3O15S3. The van der Waals surface area contributed by atoms with E-state index in [0.29, 0.717) is 54.3 Å². The molecule has 0 bridgehead atoms. The summed E-state index contributed by atoms with van der Waals surface area (Å²) in [6.07, 6.45) is 24.3. The standard InChI is InChI=1S/C54H93N3O15S3/c1-4-7-10-13-16-19-22-34-67-46(58)25-40-73-43-28-49(61)70-37-31-55-52(64)56(32-38-71-50(62)29-44-74-41-26-47(59)68-35-23-20-17-14-11-8-5-2)54(66)57(53(55)65)33-39-72-51(63)30-45-75-42-27-48(60)69-36-24-21-18-15-12-9-6-3/h4-45H2,1-3H3. The van der Waals surface area contributed by atoms with Crippen molar-refractivity contribution in [3.05, 3.63) is 31.5 Å². The van der Waals surface area contributed by atoms with Gasteiger partial charge in [0.2, 0.25) is 0 Å². The van der Waals surface area contributed by atoms with Crippen LogP contribution in [0.3, 0.4) is 0 Å². The Hall–Kier alpha value is -3.72. The third-order valence-electron chi connectivity index (χ3n) is 11.9. The topological polar surface area (TPSA) is 224 Å². The van der Waals surface area contributed by atoms with Crippen LogP contribution in [-0.4, -0.2) is 124 Å². The molecule has 0 saturated carbocycles. The molecule has 0 aliphatic heterocycles. The molecule has 0 spiro atoms. The maximum Gasteiger partial charge on any atom is 0.336 e. The minimum atomic E-state index is -1.01. The minimum absolute atomic E-state index is 0.0158. The quantitative estimate of drug-likeness (QED) is 0.0337. The van der Waals surface area contributed by atoms with Crippen molar-refractivity contribution in [2.24, 2.45) is 0 Å². The fraction of sp³-hybridized carbons (Fsp3) is 0.833. The molecule has 0 saturated heterocycles. The Bertz CT molecular complexity index is 1650. The summed E-state index contributed by atoms with van der Waals surface area (Å²) in [5, 5.41) is 0. The van der Waals surface area contributed by atoms with E-state index in [1.54, 1.807) is 0 Å². The molecule has 0 amide bonds. The lowest BCUT2D eigenvalue weighted by atomic mass is 10.1. The Labute approximate surface area is 459 Å². The Kier molecular flexibility index (Phi) is 44.9. The van der Waals surface area contributed by atoms with E-state index in [0.717, 1.165) is 71.5 Å². The highest BCUT2D eigenvalue weighted by Gasteiger charge is 2.18. The van der Waals surface area contributed by atoms with E-state index in [-0.39, 0.29) is 76.3 Å². The number of nitrogens with zero attached hydrogens (tertiary/aromatic N) is 3. The molecule has 0 fully saturated rings. The van der Waals surface area contributed by atoms with Crippen molar-refractivity contribution in [3.8, 4) is 0 Å². The first-order chi connectivity index (χ1) is 36.4. The van der Waals surface area contributed by atoms with Crippen molar-refractivity contribution in [1.29, 1.82) is 0 Å². The van der Waals surface area contributed by atoms with Crippen molar-refractivity contribution >= 4 is 71.1 Å². The summed E-state index contributed by atoms with van der Waals surface area (Å²) in [6, 6.07) is 0. The fourth-order valence-corrected chi connectivity index (χ4v) is 9.89. The molecule has 1 aromatic rings. The van der Waals surface area contributed by atoms with E-state index < -0.39 is 54.6 Å². The van der Waals surface area contributed by atoms with E-state index >= 15 is 0 Å². The fourth-order valence-electron chi connectivity index (χ4n) is 7.42. The third kappa shape index (κ3) is 38.5. The molecule has 0 radical (unpaired) electrons. The third-order valence-corrected chi connectivity index (χ3v) is 14.8. The molecule has 0 aliphatic rings. The molecule has 432 valence electrons. The van der Waals surface area contributed by atoms with Crippen molar-refractivity contribution in [2.75, 3.05) is 74.2 Å². The van der Waals surface area contributed by atoms with E-state index in [1.807, 2.05) is 0 Å². The highest BCUT2D eigenvalue weighted by atomic mass is 32.2. The molecule has 21 heteroatoms. The van der Waals surface area contributed by atoms with Crippen LogP contribution >= 0.6 is 35.3 Å². The molecule has 0 atom stereocenters. The zero-order valence-electron chi connectivity index (χ0n) is 45.9. The number of hydrogen-bond acceptors (Lipinski definition) is 18. The lowest BCUT2D eigenvalue weighted by molar-refractivity contribution is -0.144. The van der Waals surface area contributed by atoms with Crippen molar-refractivity contribution in [2.45, 2.75) is 214 Å². The monoisotopic (exact) mass is 1120 g/mol. The van der Waals surface area contributed by atoms with Gasteiger partial charge in [0.1, 0.15) is 19.8 Å². The van der Waals surface area contributed by atoms with Crippen LogP contribution < -0.4 is 17.1 Å². The highest BCUT2D eigenvalue weighted by Crippen LogP contribution is 2.12. The van der Waals surface area contributed by atoms with E-state index in [1.165, 1.54) is 112 Å². The zero-order valence-corrected chi connectivity index (χ0v) is 48.3. The number of thioether (sulfide) groups is 3. The molecule has 0 unspecified atom stereocenters. The van der Waals surface area contributed by atoms with Gasteiger partial charge in [-0.2, -0.15) is 35.3 Å². The summed E-state index contributed by atoms with van der Waals surface area (Å²) in [6.45, 7) is 5.46. The molecule has 0 N–H and O–H groups in total. The smallest absolute Gasteiger partial charge is 0.336 e. The molecule has 1 heterocycles. The molecule has 75 heavy (non-hydrogen) atoms. The predicted molar refractivity (Wildman–Crippen MR) is 299 cm³/mol. The molecule has 0 aromatic carbocycles. The van der Waals surface area contributed by atoms with E-state index in [9.17, 15) is 43.2 Å². The maximum atomic E-state index is 13.6. The number of ether oxygens (including phenoxy) is 6. The van der Waals surface area contributed by atoms with Crippen LogP contribution in [0.5, 0.6) is 0 Å². The molecule has 1 rings (SSSR count). The van der Waals surface area contributed by atoms with Gasteiger partial charge in [-0.1, -0.05) is 136 Å². The zero-order chi connectivity index (χ0) is 55.0. The van der Waals surface area contributed by atoms with Crippen molar-refractivity contribution in [1.82, 2.24) is 13.7 Å². The molecule has 18 nitrogen and oxygen atoms in total. The average molecular weight is 1120 g/mol. The number of carbonyl (C=O) groups excluding carboxylic acids is 6. The van der Waals surface area contributed by atoms with Gasteiger partial charge in [0.25, 0.3) is 0 Å². The van der Waals surface area contributed by atoms with Crippen molar-refractivity contribution in [3.63, 3.8) is 0 Å². The van der Waals surface area contributed by atoms with Crippen LogP contribution in [0.2, 0.25) is 0 Å². The first kappa shape index (κ1) is 69.3. The Morgan fingerprint density at radius 3 is 0.693 bits per heavy atom. The van der Waals surface area contributed by atoms with Crippen LogP contribution in [-0.2, 0) is 76.8 Å². The summed E-state index contributed by atoms with van der Waals surface area (Å²) in [5.74, 6) is -0.0728. The predicted octanol–water partition coefficient (Wildman–Crippen LogP) is 9.22. The summed E-state index contributed by atoms with van der Waals surface area (Å²) < 4.78 is 34.0. The van der Waals surface area contributed by atoms with Gasteiger partial charge in [0.15, 0.2) is 0 Å². The van der Waals surface area contributed by atoms with Crippen LogP contribution in [0.15, 0.2) is 14.4 Å². The SMILES string of the molecule is CCCCCCCCCOC(=O)CCSCCC(=O)OCCn1c(=O)n(CCOC(=O)CCSCCC(=O)OCCCCCCCCC)c(=O)n(CCOC(=O)CCSCCC(=O)OCCCCCCCCC)c1=O. The summed E-state index contributed by atoms with van der Waals surface area (Å²) in [4.78, 5) is 115. The van der Waals surface area contributed by atoms with Crippen LogP contribution in [0.25, 0.3) is 0 Å². The molecule has 1 aromatic heterocycles. The number of aromatic nitrogens is 3. The summed E-state index contributed by atoms with van der Waals surface area (Å²) in [5.41, 5.74) is -3.02. The van der Waals surface area contributed by atoms with Gasteiger partial charge in [-0.15, -0.1) is 0 Å². The van der Waals surface area contributed by atoms with Crippen LogP contribution in [0, 0.1) is 0 Å². The Morgan fingerprint density at radius 1 is 0.293 bits per heavy atom. The minimum Gasteiger partial charge on any atom is -0.466 e. The summed E-state index contributed by atoms with van der Waals surface area (Å²) >= 11 is 4.18. The van der Waals surface area contributed by atoms with Crippen LogP contribution in [0.1, 0.15) is 194 Å². The first-order valence-electron chi connectivity index (χ1n) is 28.1. The lowest BCUT2D eigenvalue weighted by Gasteiger charge is -2.14. The van der Waals surface area contributed by atoms with E-state index in [2.05, 4.69) is 20.8 Å². The van der Waals surface area contributed by atoms with Gasteiger partial charge in [0, 0.05) is 34.5 Å². The maximum absolute atomic E-state index is 13.6. The number of hydrogen-bond donors (Lipinski definition) is 0. The molecular weight excluding hydrogens is 1030 g/mol.